The van der Waals surface area contributed by atoms with Crippen LogP contribution in [0.3, 0.4) is 0 Å². The lowest BCUT2D eigenvalue weighted by molar-refractivity contribution is -0.115. The van der Waals surface area contributed by atoms with E-state index in [1.54, 1.807) is 36.6 Å². The largest absolute Gasteiger partial charge is 0.468 e. The summed E-state index contributed by atoms with van der Waals surface area (Å²) in [6.45, 7) is 2.05. The van der Waals surface area contributed by atoms with Gasteiger partial charge in [0.1, 0.15) is 11.8 Å². The van der Waals surface area contributed by atoms with Crippen LogP contribution >= 0.6 is 0 Å². The zero-order valence-electron chi connectivity index (χ0n) is 11.1. The van der Waals surface area contributed by atoms with Crippen LogP contribution in [0.25, 0.3) is 0 Å². The zero-order valence-corrected chi connectivity index (χ0v) is 11.1. The SMILES string of the molecule is C[C@@H](NCC(=O)Nc1ccccc1C#N)c1ccco1. The molecule has 1 aromatic carbocycles. The molecule has 2 aromatic rings. The number of carbonyl (C=O) groups excluding carboxylic acids is 1. The van der Waals surface area contributed by atoms with Crippen molar-refractivity contribution in [1.82, 2.24) is 5.32 Å². The standard InChI is InChI=1S/C15H15N3O2/c1-11(14-7-4-8-20-14)17-10-15(19)18-13-6-3-2-5-12(13)9-16/h2-8,11,17H,10H2,1H3,(H,18,19)/t11-/m1/s1. The third-order valence-corrected chi connectivity index (χ3v) is 2.86. The molecule has 1 aromatic heterocycles. The van der Waals surface area contributed by atoms with Crippen molar-refractivity contribution in [1.29, 1.82) is 5.26 Å². The summed E-state index contributed by atoms with van der Waals surface area (Å²) < 4.78 is 5.25. The van der Waals surface area contributed by atoms with Gasteiger partial charge in [-0.1, -0.05) is 12.1 Å². The van der Waals surface area contributed by atoms with Crippen LogP contribution in [-0.2, 0) is 4.79 Å². The molecule has 1 heterocycles. The molecule has 0 aliphatic carbocycles. The molecule has 0 spiro atoms. The number of nitriles is 1. The van der Waals surface area contributed by atoms with Crippen LogP contribution in [0.15, 0.2) is 47.1 Å². The molecule has 0 saturated heterocycles. The molecule has 5 heteroatoms. The Morgan fingerprint density at radius 1 is 1.35 bits per heavy atom. The predicted octanol–water partition coefficient (Wildman–Crippen LogP) is 2.44. The van der Waals surface area contributed by atoms with Crippen molar-refractivity contribution in [2.45, 2.75) is 13.0 Å². The van der Waals surface area contributed by atoms with Crippen molar-refractivity contribution >= 4 is 11.6 Å². The van der Waals surface area contributed by atoms with Gasteiger partial charge in [-0.15, -0.1) is 0 Å². The third-order valence-electron chi connectivity index (χ3n) is 2.86. The van der Waals surface area contributed by atoms with Gasteiger partial charge in [0.05, 0.1) is 30.1 Å². The Balaban J connectivity index is 1.88. The summed E-state index contributed by atoms with van der Waals surface area (Å²) in [6, 6.07) is 12.5. The Kier molecular flexibility index (Phi) is 4.53. The number of benzene rings is 1. The number of hydrogen-bond acceptors (Lipinski definition) is 4. The van der Waals surface area contributed by atoms with Crippen LogP contribution in [0.1, 0.15) is 24.3 Å². The van der Waals surface area contributed by atoms with Gasteiger partial charge in [-0.25, -0.2) is 0 Å². The molecule has 0 bridgehead atoms. The maximum atomic E-state index is 11.8. The highest BCUT2D eigenvalue weighted by atomic mass is 16.3. The van der Waals surface area contributed by atoms with Gasteiger partial charge in [0.25, 0.3) is 0 Å². The molecular formula is C15H15N3O2. The van der Waals surface area contributed by atoms with E-state index in [4.69, 9.17) is 9.68 Å². The summed E-state index contributed by atoms with van der Waals surface area (Å²) in [5.41, 5.74) is 0.965. The van der Waals surface area contributed by atoms with Crippen molar-refractivity contribution in [3.05, 3.63) is 54.0 Å². The second-order valence-electron chi connectivity index (χ2n) is 4.32. The first-order valence-corrected chi connectivity index (χ1v) is 6.26. The van der Waals surface area contributed by atoms with Crippen molar-refractivity contribution < 1.29 is 9.21 Å². The number of para-hydroxylation sites is 1. The summed E-state index contributed by atoms with van der Waals surface area (Å²) in [7, 11) is 0. The minimum absolute atomic E-state index is 0.0537. The summed E-state index contributed by atoms with van der Waals surface area (Å²) in [4.78, 5) is 11.8. The Hall–Kier alpha value is -2.58. The van der Waals surface area contributed by atoms with Gasteiger partial charge in [-0.2, -0.15) is 5.26 Å². The highest BCUT2D eigenvalue weighted by Crippen LogP contribution is 2.14. The molecule has 2 rings (SSSR count). The van der Waals surface area contributed by atoms with Gasteiger partial charge in [-0.05, 0) is 31.2 Å². The molecule has 0 saturated carbocycles. The second-order valence-corrected chi connectivity index (χ2v) is 4.32. The highest BCUT2D eigenvalue weighted by molar-refractivity contribution is 5.93. The lowest BCUT2D eigenvalue weighted by Crippen LogP contribution is -2.30. The number of hydrogen-bond donors (Lipinski definition) is 2. The van der Waals surface area contributed by atoms with E-state index in [2.05, 4.69) is 10.6 Å². The number of furan rings is 1. The zero-order chi connectivity index (χ0) is 14.4. The summed E-state index contributed by atoms with van der Waals surface area (Å²) in [5.74, 6) is 0.571. The van der Waals surface area contributed by atoms with Crippen LogP contribution < -0.4 is 10.6 Å². The molecule has 0 radical (unpaired) electrons. The number of nitrogens with zero attached hydrogens (tertiary/aromatic N) is 1. The number of carbonyl (C=O) groups is 1. The van der Waals surface area contributed by atoms with Gasteiger partial charge >= 0.3 is 0 Å². The molecular weight excluding hydrogens is 254 g/mol. The fourth-order valence-corrected chi connectivity index (χ4v) is 1.77. The minimum Gasteiger partial charge on any atom is -0.468 e. The van der Waals surface area contributed by atoms with Crippen molar-refractivity contribution in [2.75, 3.05) is 11.9 Å². The van der Waals surface area contributed by atoms with Crippen LogP contribution in [-0.4, -0.2) is 12.5 Å². The minimum atomic E-state index is -0.203. The maximum absolute atomic E-state index is 11.8. The van der Waals surface area contributed by atoms with Crippen molar-refractivity contribution in [3.8, 4) is 6.07 Å². The molecule has 0 aliphatic rings. The van der Waals surface area contributed by atoms with Gasteiger partial charge < -0.3 is 9.73 Å². The normalized spacial score (nSPS) is 11.6. The highest BCUT2D eigenvalue weighted by Gasteiger charge is 2.10. The number of nitrogens with one attached hydrogen (secondary N) is 2. The smallest absolute Gasteiger partial charge is 0.238 e. The monoisotopic (exact) mass is 269 g/mol. The van der Waals surface area contributed by atoms with E-state index < -0.39 is 0 Å². The summed E-state index contributed by atoms with van der Waals surface area (Å²) >= 11 is 0. The van der Waals surface area contributed by atoms with Crippen LogP contribution in [0.5, 0.6) is 0 Å². The average Bonchev–Trinajstić information content (AvgIpc) is 2.99. The fraction of sp³-hybridized carbons (Fsp3) is 0.200. The van der Waals surface area contributed by atoms with E-state index in [-0.39, 0.29) is 18.5 Å². The topological polar surface area (TPSA) is 78.1 Å². The van der Waals surface area contributed by atoms with E-state index in [9.17, 15) is 4.79 Å². The van der Waals surface area contributed by atoms with Gasteiger partial charge in [0.15, 0.2) is 0 Å². The predicted molar refractivity (Wildman–Crippen MR) is 74.9 cm³/mol. The van der Waals surface area contributed by atoms with Crippen LogP contribution in [0.4, 0.5) is 5.69 Å². The van der Waals surface area contributed by atoms with Gasteiger partial charge in [-0.3, -0.25) is 10.1 Å². The van der Waals surface area contributed by atoms with E-state index in [1.165, 1.54) is 0 Å². The molecule has 1 atom stereocenters. The van der Waals surface area contributed by atoms with Crippen LogP contribution in [0.2, 0.25) is 0 Å². The average molecular weight is 269 g/mol. The first-order chi connectivity index (χ1) is 9.70. The maximum Gasteiger partial charge on any atom is 0.238 e. The lowest BCUT2D eigenvalue weighted by Gasteiger charge is -2.11. The van der Waals surface area contributed by atoms with Crippen LogP contribution in [0, 0.1) is 11.3 Å². The number of anilines is 1. The van der Waals surface area contributed by atoms with E-state index in [1.807, 2.05) is 19.1 Å². The lowest BCUT2D eigenvalue weighted by atomic mass is 10.2. The molecule has 20 heavy (non-hydrogen) atoms. The summed E-state index contributed by atoms with van der Waals surface area (Å²) in [6.07, 6.45) is 1.59. The molecule has 102 valence electrons. The molecule has 0 fully saturated rings. The number of amides is 1. The Morgan fingerprint density at radius 2 is 2.15 bits per heavy atom. The first-order valence-electron chi connectivity index (χ1n) is 6.26. The fourth-order valence-electron chi connectivity index (χ4n) is 1.77. The summed E-state index contributed by atoms with van der Waals surface area (Å²) in [5, 5.41) is 14.7. The molecule has 5 nitrogen and oxygen atoms in total. The van der Waals surface area contributed by atoms with Gasteiger partial charge in [0, 0.05) is 0 Å². The molecule has 1 amide bonds. The second kappa shape index (κ2) is 6.55. The number of rotatable bonds is 5. The Bertz CT molecular complexity index is 614. The van der Waals surface area contributed by atoms with E-state index in [0.717, 1.165) is 5.76 Å². The molecule has 0 unspecified atom stereocenters. The third kappa shape index (κ3) is 3.46. The van der Waals surface area contributed by atoms with Crippen molar-refractivity contribution in [2.24, 2.45) is 0 Å². The van der Waals surface area contributed by atoms with E-state index >= 15 is 0 Å². The Morgan fingerprint density at radius 3 is 2.85 bits per heavy atom. The van der Waals surface area contributed by atoms with Crippen molar-refractivity contribution in [3.63, 3.8) is 0 Å². The first kappa shape index (κ1) is 13.8. The molecule has 0 aliphatic heterocycles. The Labute approximate surface area is 117 Å². The quantitative estimate of drug-likeness (QED) is 0.873. The van der Waals surface area contributed by atoms with Gasteiger partial charge in [0.2, 0.25) is 5.91 Å². The molecule has 2 N–H and O–H groups in total. The van der Waals surface area contributed by atoms with E-state index in [0.29, 0.717) is 11.3 Å².